The van der Waals surface area contributed by atoms with Gasteiger partial charge in [-0.3, -0.25) is 0 Å². The molecule has 3 aliphatic carbocycles. The summed E-state index contributed by atoms with van der Waals surface area (Å²) in [5.74, 6) is 3.18. The molecule has 170 valence electrons. The molecule has 1 aromatic rings. The number of hydrogen-bond donors (Lipinski definition) is 0. The van der Waals surface area contributed by atoms with Gasteiger partial charge in [0.05, 0.1) is 15.6 Å². The van der Waals surface area contributed by atoms with Gasteiger partial charge in [0.1, 0.15) is 0 Å². The molecule has 3 aliphatic rings. The second-order valence-corrected chi connectivity index (χ2v) is 18.1. The Bertz CT molecular complexity index is 742. The smallest absolute Gasteiger partial charge is 0.192 e. The first-order valence-corrected chi connectivity index (χ1v) is 17.0. The number of rotatable bonds is 6. The number of allylic oxidation sites excluding steroid dienone is 2. The third kappa shape index (κ3) is 5.47. The van der Waals surface area contributed by atoms with Crippen molar-refractivity contribution in [1.29, 1.82) is 0 Å². The Morgan fingerprint density at radius 2 is 1.74 bits per heavy atom. The van der Waals surface area contributed by atoms with Crippen molar-refractivity contribution < 1.29 is 4.43 Å². The van der Waals surface area contributed by atoms with Gasteiger partial charge in [0.15, 0.2) is 8.32 Å². The molecule has 0 saturated heterocycles. The highest BCUT2D eigenvalue weighted by Gasteiger charge is 2.51. The molecule has 3 heteroatoms. The molecule has 1 aromatic carbocycles. The molecule has 0 N–H and O–H groups in total. The summed E-state index contributed by atoms with van der Waals surface area (Å²) < 4.78 is 7.23. The fraction of sp³-hybridized carbons (Fsp3) is 0.714. The summed E-state index contributed by atoms with van der Waals surface area (Å²) in [7, 11) is -0.845. The molecule has 4 rings (SSSR count). The van der Waals surface area contributed by atoms with E-state index in [-0.39, 0.29) is 5.04 Å². The SMILES string of the molecule is CC(C)(C)[Si](C)(C)O[C@@H]1[C@@H](C[Si]c2ccccc2)C[C@H]2/C(=C/C3CCCCC3)CC[C@H]12. The second kappa shape index (κ2) is 9.69. The van der Waals surface area contributed by atoms with Gasteiger partial charge in [-0.15, -0.1) is 0 Å². The van der Waals surface area contributed by atoms with Gasteiger partial charge in [-0.2, -0.15) is 0 Å². The van der Waals surface area contributed by atoms with E-state index in [1.54, 1.807) is 0 Å². The minimum absolute atomic E-state index is 0.288. The lowest BCUT2D eigenvalue weighted by Crippen LogP contribution is -2.46. The first-order valence-electron chi connectivity index (χ1n) is 12.9. The molecule has 3 fully saturated rings. The lowest BCUT2D eigenvalue weighted by Gasteiger charge is -2.41. The van der Waals surface area contributed by atoms with Crippen molar-refractivity contribution in [3.63, 3.8) is 0 Å². The van der Waals surface area contributed by atoms with Crippen molar-refractivity contribution >= 4 is 23.0 Å². The minimum Gasteiger partial charge on any atom is -0.413 e. The maximum Gasteiger partial charge on any atom is 0.192 e. The molecule has 0 spiro atoms. The second-order valence-electron chi connectivity index (χ2n) is 12.0. The molecule has 0 aliphatic heterocycles. The van der Waals surface area contributed by atoms with Crippen LogP contribution in [-0.4, -0.2) is 23.9 Å². The standard InChI is InChI=1S/C28H44OSi2/c1-28(2,3)31(4,5)29-27-23(20-30-24-14-10-7-11-15-24)19-26-22(16-17-25(26)27)18-21-12-8-6-9-13-21/h7,10-11,14-15,18,21,23,25-27H,6,8-9,12-13,16-17,19-20H2,1-5H3/b22-18+/t23-,25+,26+,27-/m1/s1. The molecule has 0 bridgehead atoms. The van der Waals surface area contributed by atoms with Crippen molar-refractivity contribution in [3.05, 3.63) is 42.0 Å². The van der Waals surface area contributed by atoms with Gasteiger partial charge < -0.3 is 4.43 Å². The van der Waals surface area contributed by atoms with Crippen LogP contribution in [0.5, 0.6) is 0 Å². The van der Waals surface area contributed by atoms with E-state index in [0.717, 1.165) is 33.2 Å². The molecule has 31 heavy (non-hydrogen) atoms. The van der Waals surface area contributed by atoms with Gasteiger partial charge in [-0.1, -0.05) is 93.2 Å². The molecular formula is C28H44OSi2. The van der Waals surface area contributed by atoms with Crippen molar-refractivity contribution in [1.82, 2.24) is 0 Å². The molecule has 0 aromatic heterocycles. The summed E-state index contributed by atoms with van der Waals surface area (Å²) in [5.41, 5.74) is 1.83. The number of hydrogen-bond acceptors (Lipinski definition) is 1. The van der Waals surface area contributed by atoms with E-state index < -0.39 is 8.32 Å². The summed E-state index contributed by atoms with van der Waals surface area (Å²) >= 11 is 0. The Labute approximate surface area is 195 Å². The molecule has 0 amide bonds. The molecule has 0 heterocycles. The van der Waals surface area contributed by atoms with Gasteiger partial charge in [0, 0.05) is 0 Å². The average molecular weight is 453 g/mol. The highest BCUT2D eigenvalue weighted by Crippen LogP contribution is 2.54. The predicted molar refractivity (Wildman–Crippen MR) is 138 cm³/mol. The Morgan fingerprint density at radius 3 is 2.42 bits per heavy atom. The van der Waals surface area contributed by atoms with Crippen LogP contribution in [0.2, 0.25) is 24.2 Å². The lowest BCUT2D eigenvalue weighted by atomic mass is 9.85. The summed E-state index contributed by atoms with van der Waals surface area (Å²) in [5, 5.41) is 1.81. The number of benzene rings is 1. The van der Waals surface area contributed by atoms with Gasteiger partial charge >= 0.3 is 0 Å². The minimum atomic E-state index is -1.76. The van der Waals surface area contributed by atoms with Crippen LogP contribution >= 0.6 is 0 Å². The van der Waals surface area contributed by atoms with Gasteiger partial charge in [-0.05, 0) is 73.9 Å². The zero-order chi connectivity index (χ0) is 22.1. The monoisotopic (exact) mass is 452 g/mol. The normalized spacial score (nSPS) is 31.3. The largest absolute Gasteiger partial charge is 0.413 e. The van der Waals surface area contributed by atoms with E-state index in [2.05, 4.69) is 70.3 Å². The number of fused-ring (bicyclic) bond motifs is 1. The Morgan fingerprint density at radius 1 is 1.03 bits per heavy atom. The zero-order valence-corrected chi connectivity index (χ0v) is 22.6. The zero-order valence-electron chi connectivity index (χ0n) is 20.6. The van der Waals surface area contributed by atoms with E-state index in [0.29, 0.717) is 6.10 Å². The molecule has 1 nitrogen and oxygen atoms in total. The van der Waals surface area contributed by atoms with Crippen molar-refractivity contribution in [2.75, 3.05) is 0 Å². The highest BCUT2D eigenvalue weighted by atomic mass is 28.4. The fourth-order valence-corrected chi connectivity index (χ4v) is 8.77. The quantitative estimate of drug-likeness (QED) is 0.323. The van der Waals surface area contributed by atoms with Crippen LogP contribution < -0.4 is 5.19 Å². The maximum atomic E-state index is 7.23. The van der Waals surface area contributed by atoms with Gasteiger partial charge in [0.25, 0.3) is 0 Å². The fourth-order valence-electron chi connectivity index (χ4n) is 6.04. The predicted octanol–water partition coefficient (Wildman–Crippen LogP) is 7.38. The van der Waals surface area contributed by atoms with Crippen molar-refractivity contribution in [2.45, 2.75) is 102 Å². The lowest BCUT2D eigenvalue weighted by molar-refractivity contribution is 0.104. The molecule has 2 radical (unpaired) electrons. The van der Waals surface area contributed by atoms with Crippen LogP contribution in [0.15, 0.2) is 42.0 Å². The van der Waals surface area contributed by atoms with Crippen LogP contribution in [0.25, 0.3) is 0 Å². The van der Waals surface area contributed by atoms with Gasteiger partial charge in [-0.25, -0.2) is 0 Å². The van der Waals surface area contributed by atoms with Crippen LogP contribution in [-0.2, 0) is 4.43 Å². The molecular weight excluding hydrogens is 408 g/mol. The van der Waals surface area contributed by atoms with E-state index in [1.165, 1.54) is 62.6 Å². The van der Waals surface area contributed by atoms with E-state index in [9.17, 15) is 0 Å². The molecule has 4 atom stereocenters. The van der Waals surface area contributed by atoms with Crippen LogP contribution in [0.1, 0.15) is 72.1 Å². The summed E-state index contributed by atoms with van der Waals surface area (Å²) in [6.07, 6.45) is 14.5. The Balaban J connectivity index is 1.51. The molecule has 0 unspecified atom stereocenters. The Kier molecular flexibility index (Phi) is 7.35. The summed E-state index contributed by atoms with van der Waals surface area (Å²) in [6.45, 7) is 12.1. The van der Waals surface area contributed by atoms with Crippen molar-refractivity contribution in [2.24, 2.45) is 23.7 Å². The van der Waals surface area contributed by atoms with Gasteiger partial charge in [0.2, 0.25) is 0 Å². The Hall–Kier alpha value is -0.646. The van der Waals surface area contributed by atoms with E-state index in [4.69, 9.17) is 4.43 Å². The third-order valence-corrected chi connectivity index (χ3v) is 14.8. The first-order chi connectivity index (χ1) is 14.7. The van der Waals surface area contributed by atoms with Crippen LogP contribution in [0.4, 0.5) is 0 Å². The third-order valence-electron chi connectivity index (χ3n) is 8.88. The topological polar surface area (TPSA) is 9.23 Å². The van der Waals surface area contributed by atoms with Crippen molar-refractivity contribution in [3.8, 4) is 0 Å². The highest BCUT2D eigenvalue weighted by molar-refractivity contribution is 6.74. The van der Waals surface area contributed by atoms with E-state index in [1.807, 2.05) is 5.57 Å². The molecule has 3 saturated carbocycles. The van der Waals surface area contributed by atoms with Crippen LogP contribution in [0, 0.1) is 23.7 Å². The average Bonchev–Trinajstić information content (AvgIpc) is 3.27. The van der Waals surface area contributed by atoms with Crippen LogP contribution in [0.3, 0.4) is 0 Å². The maximum absolute atomic E-state index is 7.23. The summed E-state index contributed by atoms with van der Waals surface area (Å²) in [4.78, 5) is 0. The summed E-state index contributed by atoms with van der Waals surface area (Å²) in [6, 6.07) is 12.5. The first kappa shape index (κ1) is 23.5. The van der Waals surface area contributed by atoms with E-state index >= 15 is 0 Å².